The van der Waals surface area contributed by atoms with Gasteiger partial charge in [0.05, 0.1) is 0 Å². The summed E-state index contributed by atoms with van der Waals surface area (Å²) in [4.78, 5) is 2.78. The highest BCUT2D eigenvalue weighted by atomic mass is 15.1. The lowest BCUT2D eigenvalue weighted by Gasteiger charge is -2.38. The fraction of sp³-hybridized carbons (Fsp3) is 1.00. The van der Waals surface area contributed by atoms with Crippen LogP contribution in [0.2, 0.25) is 0 Å². The van der Waals surface area contributed by atoms with Gasteiger partial charge in [0.2, 0.25) is 0 Å². The maximum absolute atomic E-state index is 3.84. The van der Waals surface area contributed by atoms with Crippen molar-refractivity contribution in [1.82, 2.24) is 10.2 Å². The van der Waals surface area contributed by atoms with Gasteiger partial charge in [0.25, 0.3) is 0 Å². The molecule has 21 heavy (non-hydrogen) atoms. The molecule has 2 heteroatoms. The van der Waals surface area contributed by atoms with Gasteiger partial charge in [-0.2, -0.15) is 0 Å². The minimum absolute atomic E-state index is 0.564. The molecule has 0 bridgehead atoms. The second-order valence-corrected chi connectivity index (χ2v) is 8.56. The van der Waals surface area contributed by atoms with Gasteiger partial charge in [-0.1, -0.05) is 27.7 Å². The third-order valence-electron chi connectivity index (χ3n) is 5.83. The predicted octanol–water partition coefficient (Wildman–Crippen LogP) is 4.30. The van der Waals surface area contributed by atoms with E-state index in [-0.39, 0.29) is 0 Å². The Kier molecular flexibility index (Phi) is 6.55. The first-order chi connectivity index (χ1) is 10.00. The van der Waals surface area contributed by atoms with Crippen molar-refractivity contribution < 1.29 is 0 Å². The third-order valence-corrected chi connectivity index (χ3v) is 5.83. The zero-order valence-electron chi connectivity index (χ0n) is 15.0. The molecule has 0 radical (unpaired) electrons. The summed E-state index contributed by atoms with van der Waals surface area (Å²) in [6.07, 6.45) is 9.68. The molecule has 2 aliphatic rings. The van der Waals surface area contributed by atoms with Gasteiger partial charge in [-0.05, 0) is 81.8 Å². The number of hydrogen-bond donors (Lipinski definition) is 1. The van der Waals surface area contributed by atoms with E-state index >= 15 is 0 Å². The van der Waals surface area contributed by atoms with E-state index in [1.807, 2.05) is 0 Å². The molecule has 0 aromatic carbocycles. The Bertz CT molecular complexity index is 298. The first kappa shape index (κ1) is 17.3. The Morgan fingerprint density at radius 2 is 1.95 bits per heavy atom. The van der Waals surface area contributed by atoms with Gasteiger partial charge < -0.3 is 10.2 Å². The summed E-state index contributed by atoms with van der Waals surface area (Å²) in [5.41, 5.74) is 0.564. The van der Waals surface area contributed by atoms with E-state index in [4.69, 9.17) is 0 Å². The lowest BCUT2D eigenvalue weighted by atomic mass is 9.78. The molecule has 0 amide bonds. The van der Waals surface area contributed by atoms with Crippen LogP contribution < -0.4 is 5.32 Å². The van der Waals surface area contributed by atoms with E-state index < -0.39 is 0 Å². The summed E-state index contributed by atoms with van der Waals surface area (Å²) >= 11 is 0. The quantitative estimate of drug-likeness (QED) is 0.813. The summed E-state index contributed by atoms with van der Waals surface area (Å²) in [6, 6.07) is 0.775. The van der Waals surface area contributed by atoms with Crippen LogP contribution in [-0.2, 0) is 0 Å². The number of likely N-dealkylation sites (tertiary alicyclic amines) is 1. The molecule has 124 valence electrons. The topological polar surface area (TPSA) is 15.3 Å². The lowest BCUT2D eigenvalue weighted by Crippen LogP contribution is -2.46. The van der Waals surface area contributed by atoms with E-state index in [0.29, 0.717) is 5.41 Å². The van der Waals surface area contributed by atoms with Crippen molar-refractivity contribution in [2.45, 2.75) is 78.7 Å². The van der Waals surface area contributed by atoms with Gasteiger partial charge in [0.15, 0.2) is 0 Å². The highest BCUT2D eigenvalue weighted by molar-refractivity contribution is 4.87. The molecule has 1 saturated carbocycles. The fourth-order valence-electron chi connectivity index (χ4n) is 4.29. The summed E-state index contributed by atoms with van der Waals surface area (Å²) in [6.45, 7) is 14.8. The fourth-order valence-corrected chi connectivity index (χ4v) is 4.29. The monoisotopic (exact) mass is 294 g/mol. The molecular formula is C19H38N2. The Balaban J connectivity index is 1.88. The molecule has 3 atom stereocenters. The molecule has 2 fully saturated rings. The summed E-state index contributed by atoms with van der Waals surface area (Å²) in [5, 5.41) is 3.84. The third kappa shape index (κ3) is 5.56. The van der Waals surface area contributed by atoms with E-state index in [0.717, 1.165) is 17.9 Å². The molecule has 0 spiro atoms. The molecule has 0 aromatic heterocycles. The average molecular weight is 295 g/mol. The van der Waals surface area contributed by atoms with E-state index in [1.54, 1.807) is 0 Å². The summed E-state index contributed by atoms with van der Waals surface area (Å²) < 4.78 is 0. The molecule has 2 rings (SSSR count). The highest BCUT2D eigenvalue weighted by Gasteiger charge is 2.31. The summed E-state index contributed by atoms with van der Waals surface area (Å²) in [7, 11) is 0. The molecule has 1 aliphatic carbocycles. The molecule has 1 aliphatic heterocycles. The number of rotatable bonds is 5. The van der Waals surface area contributed by atoms with Crippen LogP contribution in [0.1, 0.15) is 72.6 Å². The average Bonchev–Trinajstić information content (AvgIpc) is 2.59. The molecular weight excluding hydrogens is 256 g/mol. The van der Waals surface area contributed by atoms with Crippen LogP contribution in [0.5, 0.6) is 0 Å². The van der Waals surface area contributed by atoms with Gasteiger partial charge in [-0.15, -0.1) is 0 Å². The SMILES string of the molecule is CCCNC1CCC(C)CC1CN1CCCC(C)(C)CC1. The Hall–Kier alpha value is -0.0800. The van der Waals surface area contributed by atoms with Crippen molar-refractivity contribution in [1.29, 1.82) is 0 Å². The predicted molar refractivity (Wildman–Crippen MR) is 92.7 cm³/mol. The van der Waals surface area contributed by atoms with Crippen LogP contribution in [0.15, 0.2) is 0 Å². The zero-order valence-corrected chi connectivity index (χ0v) is 15.0. The molecule has 2 nitrogen and oxygen atoms in total. The Labute approximate surface area is 133 Å². The van der Waals surface area contributed by atoms with E-state index in [9.17, 15) is 0 Å². The van der Waals surface area contributed by atoms with Crippen molar-refractivity contribution in [3.05, 3.63) is 0 Å². The first-order valence-corrected chi connectivity index (χ1v) is 9.46. The molecule has 3 unspecified atom stereocenters. The number of nitrogens with zero attached hydrogens (tertiary/aromatic N) is 1. The minimum Gasteiger partial charge on any atom is -0.314 e. The van der Waals surface area contributed by atoms with Gasteiger partial charge in [0.1, 0.15) is 0 Å². The van der Waals surface area contributed by atoms with Crippen molar-refractivity contribution >= 4 is 0 Å². The molecule has 1 saturated heterocycles. The van der Waals surface area contributed by atoms with Crippen LogP contribution >= 0.6 is 0 Å². The van der Waals surface area contributed by atoms with E-state index in [1.165, 1.54) is 71.1 Å². The van der Waals surface area contributed by atoms with Crippen molar-refractivity contribution in [3.8, 4) is 0 Å². The second-order valence-electron chi connectivity index (χ2n) is 8.56. The summed E-state index contributed by atoms with van der Waals surface area (Å²) in [5.74, 6) is 1.81. The van der Waals surface area contributed by atoms with E-state index in [2.05, 4.69) is 37.9 Å². The van der Waals surface area contributed by atoms with Crippen LogP contribution in [0.4, 0.5) is 0 Å². The maximum Gasteiger partial charge on any atom is 0.0108 e. The highest BCUT2D eigenvalue weighted by Crippen LogP contribution is 2.33. The van der Waals surface area contributed by atoms with Gasteiger partial charge in [0, 0.05) is 12.6 Å². The van der Waals surface area contributed by atoms with Crippen molar-refractivity contribution in [2.24, 2.45) is 17.3 Å². The van der Waals surface area contributed by atoms with Crippen LogP contribution in [0, 0.1) is 17.3 Å². The normalized spacial score (nSPS) is 34.6. The lowest BCUT2D eigenvalue weighted by molar-refractivity contribution is 0.144. The van der Waals surface area contributed by atoms with Crippen molar-refractivity contribution in [2.75, 3.05) is 26.2 Å². The van der Waals surface area contributed by atoms with Crippen molar-refractivity contribution in [3.63, 3.8) is 0 Å². The molecule has 1 N–H and O–H groups in total. The first-order valence-electron chi connectivity index (χ1n) is 9.46. The number of hydrogen-bond acceptors (Lipinski definition) is 2. The van der Waals surface area contributed by atoms with Gasteiger partial charge in [-0.3, -0.25) is 0 Å². The number of nitrogens with one attached hydrogen (secondary N) is 1. The van der Waals surface area contributed by atoms with Gasteiger partial charge in [-0.25, -0.2) is 0 Å². The Morgan fingerprint density at radius 3 is 2.71 bits per heavy atom. The zero-order chi connectivity index (χ0) is 15.3. The van der Waals surface area contributed by atoms with Crippen LogP contribution in [-0.4, -0.2) is 37.1 Å². The minimum atomic E-state index is 0.564. The second kappa shape index (κ2) is 7.97. The standard InChI is InChI=1S/C19H38N2/c1-5-11-20-18-8-7-16(2)14-17(18)15-21-12-6-9-19(3,4)10-13-21/h16-18,20H,5-15H2,1-4H3. The molecule has 0 aromatic rings. The smallest absolute Gasteiger partial charge is 0.0108 e. The maximum atomic E-state index is 3.84. The Morgan fingerprint density at radius 1 is 1.14 bits per heavy atom. The van der Waals surface area contributed by atoms with Crippen LogP contribution in [0.25, 0.3) is 0 Å². The molecule has 1 heterocycles. The largest absolute Gasteiger partial charge is 0.314 e. The van der Waals surface area contributed by atoms with Crippen LogP contribution in [0.3, 0.4) is 0 Å². The van der Waals surface area contributed by atoms with Gasteiger partial charge >= 0.3 is 0 Å².